The molecule has 3 rings (SSSR count). The third kappa shape index (κ3) is 8.33. The van der Waals surface area contributed by atoms with Crippen molar-refractivity contribution in [2.24, 2.45) is 21.7 Å². The highest BCUT2D eigenvalue weighted by molar-refractivity contribution is 5.57. The molecule has 0 aliphatic rings. The Balaban J connectivity index is 2.56. The number of rotatable bonds is 7. The first kappa shape index (κ1) is 31.2. The first-order chi connectivity index (χ1) is 17.8. The number of benzene rings is 3. The van der Waals surface area contributed by atoms with Crippen LogP contribution in [0.5, 0.6) is 0 Å². The maximum Gasteiger partial charge on any atom is 0.0459 e. The Morgan fingerprint density at radius 2 is 0.821 bits per heavy atom. The topological polar surface area (TPSA) is 0 Å². The van der Waals surface area contributed by atoms with Crippen LogP contribution in [-0.2, 0) is 24.7 Å². The van der Waals surface area contributed by atoms with Crippen LogP contribution in [0.25, 0.3) is 0 Å². The average molecular weight is 525 g/mol. The van der Waals surface area contributed by atoms with E-state index in [4.69, 9.17) is 0 Å². The van der Waals surface area contributed by atoms with Gasteiger partial charge in [0.05, 0.1) is 0 Å². The zero-order valence-electron chi connectivity index (χ0n) is 27.3. The van der Waals surface area contributed by atoms with E-state index in [0.29, 0.717) is 0 Å². The van der Waals surface area contributed by atoms with Gasteiger partial charge in [0.2, 0.25) is 0 Å². The van der Waals surface area contributed by atoms with Gasteiger partial charge in [0, 0.05) is 5.41 Å². The Morgan fingerprint density at radius 1 is 0.410 bits per heavy atom. The van der Waals surface area contributed by atoms with Gasteiger partial charge in [-0.2, -0.15) is 0 Å². The molecule has 0 bridgehead atoms. The Labute approximate surface area is 241 Å². The predicted molar refractivity (Wildman–Crippen MR) is 173 cm³/mol. The van der Waals surface area contributed by atoms with Gasteiger partial charge in [-0.1, -0.05) is 156 Å². The van der Waals surface area contributed by atoms with Gasteiger partial charge in [0.1, 0.15) is 0 Å². The van der Waals surface area contributed by atoms with Crippen LogP contribution in [0.3, 0.4) is 0 Å². The Kier molecular flexibility index (Phi) is 9.01. The molecule has 212 valence electrons. The van der Waals surface area contributed by atoms with Gasteiger partial charge in [-0.25, -0.2) is 0 Å². The second-order valence-electron chi connectivity index (χ2n) is 16.8. The first-order valence-electron chi connectivity index (χ1n) is 15.1. The van der Waals surface area contributed by atoms with E-state index in [-0.39, 0.29) is 27.1 Å². The normalized spacial score (nSPS) is 13.5. The summed E-state index contributed by atoms with van der Waals surface area (Å²) in [6, 6.07) is 27.7. The van der Waals surface area contributed by atoms with Gasteiger partial charge in [-0.3, -0.25) is 0 Å². The molecule has 0 saturated heterocycles. The molecule has 0 saturated carbocycles. The smallest absolute Gasteiger partial charge is 0.0459 e. The lowest BCUT2D eigenvalue weighted by Gasteiger charge is -2.43. The maximum atomic E-state index is 2.53. The molecule has 0 N–H and O–H groups in total. The highest BCUT2D eigenvalue weighted by Gasteiger charge is 2.42. The van der Waals surface area contributed by atoms with Crippen molar-refractivity contribution in [2.45, 2.75) is 114 Å². The van der Waals surface area contributed by atoms with Crippen LogP contribution >= 0.6 is 0 Å². The van der Waals surface area contributed by atoms with Crippen molar-refractivity contribution in [3.8, 4) is 0 Å². The van der Waals surface area contributed by atoms with Crippen molar-refractivity contribution in [2.75, 3.05) is 0 Å². The van der Waals surface area contributed by atoms with Gasteiger partial charge in [0.25, 0.3) is 0 Å². The summed E-state index contributed by atoms with van der Waals surface area (Å²) in [5.41, 5.74) is 9.48. The molecular weight excluding hydrogens is 468 g/mol. The van der Waals surface area contributed by atoms with Crippen LogP contribution in [0.1, 0.15) is 123 Å². The van der Waals surface area contributed by atoms with Gasteiger partial charge in [-0.15, -0.1) is 0 Å². The summed E-state index contributed by atoms with van der Waals surface area (Å²) in [4.78, 5) is 0. The van der Waals surface area contributed by atoms with E-state index in [2.05, 4.69) is 156 Å². The SMILES string of the molecule is CC(C)(C)Cc1ccc(C(CC(C)(C)C)(c2ccccc2)c2ccccc2)c(CC(C)(C)C)c1CC(C)(C)C. The van der Waals surface area contributed by atoms with E-state index in [9.17, 15) is 0 Å². The summed E-state index contributed by atoms with van der Waals surface area (Å²) in [5, 5.41) is 0. The fraction of sp³-hybridized carbons (Fsp3) is 0.538. The molecule has 0 spiro atoms. The lowest BCUT2D eigenvalue weighted by atomic mass is 9.59. The Morgan fingerprint density at radius 3 is 1.21 bits per heavy atom. The molecule has 0 amide bonds. The minimum Gasteiger partial charge on any atom is -0.0622 e. The molecule has 0 unspecified atom stereocenters. The summed E-state index contributed by atoms with van der Waals surface area (Å²) in [6.07, 6.45) is 4.29. The molecule has 0 atom stereocenters. The molecule has 0 aliphatic heterocycles. The van der Waals surface area contributed by atoms with E-state index in [1.807, 2.05) is 0 Å². The van der Waals surface area contributed by atoms with Crippen molar-refractivity contribution in [3.05, 3.63) is 106 Å². The van der Waals surface area contributed by atoms with Crippen LogP contribution < -0.4 is 0 Å². The predicted octanol–water partition coefficient (Wildman–Crippen LogP) is 11.2. The summed E-state index contributed by atoms with van der Waals surface area (Å²) in [6.45, 7) is 28.8. The second kappa shape index (κ2) is 11.3. The molecule has 0 radical (unpaired) electrons. The van der Waals surface area contributed by atoms with Crippen LogP contribution in [-0.4, -0.2) is 0 Å². The van der Waals surface area contributed by atoms with E-state index >= 15 is 0 Å². The van der Waals surface area contributed by atoms with Gasteiger partial charge >= 0.3 is 0 Å². The zero-order chi connectivity index (χ0) is 29.3. The van der Waals surface area contributed by atoms with E-state index in [1.165, 1.54) is 22.3 Å². The highest BCUT2D eigenvalue weighted by atomic mass is 14.4. The molecule has 3 aromatic carbocycles. The molecule has 0 nitrogen and oxygen atoms in total. The molecule has 3 aromatic rings. The van der Waals surface area contributed by atoms with Crippen molar-refractivity contribution < 1.29 is 0 Å². The van der Waals surface area contributed by atoms with Gasteiger partial charge in [0.15, 0.2) is 0 Å². The van der Waals surface area contributed by atoms with Gasteiger partial charge in [-0.05, 0) is 80.7 Å². The van der Waals surface area contributed by atoms with Crippen LogP contribution in [0.15, 0.2) is 72.8 Å². The maximum absolute atomic E-state index is 2.53. The van der Waals surface area contributed by atoms with Gasteiger partial charge < -0.3 is 0 Å². The van der Waals surface area contributed by atoms with Crippen molar-refractivity contribution in [3.63, 3.8) is 0 Å². The van der Waals surface area contributed by atoms with Crippen molar-refractivity contribution in [1.82, 2.24) is 0 Å². The molecule has 39 heavy (non-hydrogen) atoms. The number of hydrogen-bond donors (Lipinski definition) is 0. The highest BCUT2D eigenvalue weighted by Crippen LogP contribution is 2.50. The summed E-state index contributed by atoms with van der Waals surface area (Å²) >= 11 is 0. The first-order valence-corrected chi connectivity index (χ1v) is 15.1. The van der Waals surface area contributed by atoms with Crippen LogP contribution in [0.4, 0.5) is 0 Å². The molecule has 0 heteroatoms. The third-order valence-electron chi connectivity index (χ3n) is 7.45. The molecule has 0 aliphatic carbocycles. The third-order valence-corrected chi connectivity index (χ3v) is 7.45. The Bertz CT molecular complexity index is 1160. The van der Waals surface area contributed by atoms with E-state index < -0.39 is 0 Å². The number of hydrogen-bond acceptors (Lipinski definition) is 0. The summed E-state index contributed by atoms with van der Waals surface area (Å²) in [5.74, 6) is 0. The molecule has 0 fully saturated rings. The summed E-state index contributed by atoms with van der Waals surface area (Å²) in [7, 11) is 0. The fourth-order valence-electron chi connectivity index (χ4n) is 6.38. The van der Waals surface area contributed by atoms with E-state index in [1.54, 1.807) is 11.1 Å². The lowest BCUT2D eigenvalue weighted by molar-refractivity contribution is 0.309. The van der Waals surface area contributed by atoms with E-state index in [0.717, 1.165) is 25.7 Å². The second-order valence-corrected chi connectivity index (χ2v) is 16.8. The molecule has 0 aromatic heterocycles. The van der Waals surface area contributed by atoms with Crippen molar-refractivity contribution >= 4 is 0 Å². The molecular formula is C39H56. The van der Waals surface area contributed by atoms with Crippen LogP contribution in [0.2, 0.25) is 0 Å². The zero-order valence-corrected chi connectivity index (χ0v) is 27.3. The van der Waals surface area contributed by atoms with Crippen LogP contribution in [0, 0.1) is 21.7 Å². The minimum absolute atomic E-state index is 0.124. The average Bonchev–Trinajstić information content (AvgIpc) is 2.78. The van der Waals surface area contributed by atoms with Crippen molar-refractivity contribution in [1.29, 1.82) is 0 Å². The largest absolute Gasteiger partial charge is 0.0622 e. The monoisotopic (exact) mass is 524 g/mol. The lowest BCUT2D eigenvalue weighted by Crippen LogP contribution is -2.36. The summed E-state index contributed by atoms with van der Waals surface area (Å²) < 4.78 is 0. The molecule has 0 heterocycles. The Hall–Kier alpha value is -2.34. The standard InChI is InChI=1S/C39H56/c1-35(2,3)25-29-23-24-34(33(27-37(7,8)9)32(29)26-36(4,5)6)39(28-38(10,11)12,30-19-15-13-16-20-30)31-21-17-14-18-22-31/h13-24H,25-28H2,1-12H3. The quantitative estimate of drug-likeness (QED) is 0.270. The fourth-order valence-corrected chi connectivity index (χ4v) is 6.38. The minimum atomic E-state index is -0.242.